The van der Waals surface area contributed by atoms with Crippen LogP contribution in [0.3, 0.4) is 0 Å². The van der Waals surface area contributed by atoms with Gasteiger partial charge in [-0.05, 0) is 29.7 Å². The molecular weight excluding hydrogens is 409 g/mol. The number of hydrazone groups is 1. The molecule has 32 heavy (non-hydrogen) atoms. The highest BCUT2D eigenvalue weighted by Gasteiger charge is 2.11. The molecule has 0 aliphatic rings. The molecule has 0 fully saturated rings. The Morgan fingerprint density at radius 1 is 1.25 bits per heavy atom. The Morgan fingerprint density at radius 2 is 1.97 bits per heavy atom. The van der Waals surface area contributed by atoms with Crippen molar-refractivity contribution >= 4 is 17.9 Å². The van der Waals surface area contributed by atoms with Crippen molar-refractivity contribution in [3.8, 4) is 5.88 Å². The summed E-state index contributed by atoms with van der Waals surface area (Å²) >= 11 is 0. The highest BCUT2D eigenvalue weighted by molar-refractivity contribution is 5.99. The van der Waals surface area contributed by atoms with Crippen molar-refractivity contribution < 1.29 is 13.9 Å². The van der Waals surface area contributed by atoms with Crippen molar-refractivity contribution in [2.75, 3.05) is 20.8 Å². The van der Waals surface area contributed by atoms with Gasteiger partial charge < -0.3 is 20.2 Å². The van der Waals surface area contributed by atoms with E-state index in [1.807, 2.05) is 43.1 Å². The van der Waals surface area contributed by atoms with Crippen LogP contribution in [0, 0.1) is 5.82 Å². The number of nitrogens with two attached hydrogens (primary N) is 1. The maximum Gasteiger partial charge on any atom is 0.221 e. The van der Waals surface area contributed by atoms with E-state index < -0.39 is 5.82 Å². The van der Waals surface area contributed by atoms with Gasteiger partial charge in [0.25, 0.3) is 0 Å². The molecule has 0 amide bonds. The fourth-order valence-corrected chi connectivity index (χ4v) is 2.80. The number of methoxy groups -OCH3 is 1. The first-order valence-electron chi connectivity index (χ1n) is 9.79. The van der Waals surface area contributed by atoms with Crippen molar-refractivity contribution in [1.29, 1.82) is 0 Å². The molecule has 168 valence electrons. The Hall–Kier alpha value is -3.94. The first-order chi connectivity index (χ1) is 15.4. The van der Waals surface area contributed by atoms with Crippen molar-refractivity contribution in [3.05, 3.63) is 89.9 Å². The van der Waals surface area contributed by atoms with Gasteiger partial charge in [0.1, 0.15) is 18.8 Å². The van der Waals surface area contributed by atoms with Gasteiger partial charge in [0.2, 0.25) is 11.8 Å². The summed E-state index contributed by atoms with van der Waals surface area (Å²) in [6, 6.07) is 10.6. The number of benzene rings is 1. The van der Waals surface area contributed by atoms with Crippen LogP contribution in [0.5, 0.6) is 5.88 Å². The lowest BCUT2D eigenvalue weighted by atomic mass is 10.1. The SMILES string of the molecule is C=C/C(C(=NC(=C)c1ccc(CN(C)/C=N\N)cc1)OC)=C(\C)COc1ccc(F)cn1. The molecule has 0 saturated carbocycles. The minimum absolute atomic E-state index is 0.211. The number of nitrogens with zero attached hydrogens (tertiary/aromatic N) is 4. The van der Waals surface area contributed by atoms with Crippen molar-refractivity contribution in [2.45, 2.75) is 13.5 Å². The minimum atomic E-state index is -0.423. The maximum atomic E-state index is 13.0. The molecule has 2 rings (SSSR count). The Labute approximate surface area is 188 Å². The zero-order valence-corrected chi connectivity index (χ0v) is 18.6. The third-order valence-electron chi connectivity index (χ3n) is 4.44. The molecule has 0 bridgehead atoms. The maximum absolute atomic E-state index is 13.0. The number of ether oxygens (including phenoxy) is 2. The number of hydrogen-bond donors (Lipinski definition) is 1. The van der Waals surface area contributed by atoms with Crippen molar-refractivity contribution in [3.63, 3.8) is 0 Å². The van der Waals surface area contributed by atoms with Crippen LogP contribution in [-0.2, 0) is 11.3 Å². The molecule has 2 N–H and O–H groups in total. The van der Waals surface area contributed by atoms with Gasteiger partial charge >= 0.3 is 0 Å². The summed E-state index contributed by atoms with van der Waals surface area (Å²) in [5.74, 6) is 5.43. The Bertz CT molecular complexity index is 1010. The fraction of sp³-hybridized carbons (Fsp3) is 0.208. The van der Waals surface area contributed by atoms with Gasteiger partial charge in [0.05, 0.1) is 19.0 Å². The normalized spacial score (nSPS) is 12.3. The highest BCUT2D eigenvalue weighted by atomic mass is 19.1. The van der Waals surface area contributed by atoms with Crippen LogP contribution in [0.1, 0.15) is 18.1 Å². The second-order valence-corrected chi connectivity index (χ2v) is 6.95. The summed E-state index contributed by atoms with van der Waals surface area (Å²) in [6.07, 6.45) is 4.30. The summed E-state index contributed by atoms with van der Waals surface area (Å²) < 4.78 is 24.1. The predicted molar refractivity (Wildman–Crippen MR) is 127 cm³/mol. The second-order valence-electron chi connectivity index (χ2n) is 6.95. The van der Waals surface area contributed by atoms with Gasteiger partial charge in [0.15, 0.2) is 0 Å². The zero-order chi connectivity index (χ0) is 23.5. The van der Waals surface area contributed by atoms with E-state index in [1.165, 1.54) is 19.2 Å². The van der Waals surface area contributed by atoms with Gasteiger partial charge in [-0.25, -0.2) is 14.4 Å². The van der Waals surface area contributed by atoms with E-state index in [4.69, 9.17) is 15.3 Å². The molecule has 1 heterocycles. The summed E-state index contributed by atoms with van der Waals surface area (Å²) in [7, 11) is 3.42. The Balaban J connectivity index is 2.15. The third kappa shape index (κ3) is 7.09. The fourth-order valence-electron chi connectivity index (χ4n) is 2.80. The van der Waals surface area contributed by atoms with Gasteiger partial charge in [-0.15, -0.1) is 0 Å². The van der Waals surface area contributed by atoms with Gasteiger partial charge in [0, 0.05) is 25.2 Å². The number of rotatable bonds is 10. The first-order valence-corrected chi connectivity index (χ1v) is 9.79. The third-order valence-corrected chi connectivity index (χ3v) is 4.44. The molecule has 0 radical (unpaired) electrons. The Kier molecular flexibility index (Phi) is 9.16. The molecule has 0 atom stereocenters. The number of aliphatic imine (C=N–C) groups is 1. The molecule has 0 saturated heterocycles. The number of halogens is 1. The number of aromatic nitrogens is 1. The van der Waals surface area contributed by atoms with E-state index >= 15 is 0 Å². The summed E-state index contributed by atoms with van der Waals surface area (Å²) in [6.45, 7) is 10.7. The molecule has 8 heteroatoms. The van der Waals surface area contributed by atoms with Crippen LogP contribution < -0.4 is 10.6 Å². The van der Waals surface area contributed by atoms with Crippen LogP contribution in [0.4, 0.5) is 4.39 Å². The van der Waals surface area contributed by atoms with Gasteiger partial charge in [-0.1, -0.05) is 43.5 Å². The van der Waals surface area contributed by atoms with E-state index in [0.717, 1.165) is 22.9 Å². The lowest BCUT2D eigenvalue weighted by Gasteiger charge is -2.14. The number of pyridine rings is 1. The predicted octanol–water partition coefficient (Wildman–Crippen LogP) is 4.15. The monoisotopic (exact) mass is 437 g/mol. The molecule has 1 aromatic carbocycles. The lowest BCUT2D eigenvalue weighted by molar-refractivity contribution is 0.335. The van der Waals surface area contributed by atoms with Crippen LogP contribution in [0.2, 0.25) is 0 Å². The molecule has 1 aromatic heterocycles. The highest BCUT2D eigenvalue weighted by Crippen LogP contribution is 2.19. The van der Waals surface area contributed by atoms with Crippen molar-refractivity contribution in [1.82, 2.24) is 9.88 Å². The largest absolute Gasteiger partial charge is 0.481 e. The van der Waals surface area contributed by atoms with Crippen LogP contribution >= 0.6 is 0 Å². The molecular formula is C24H28FN5O2. The van der Waals surface area contributed by atoms with E-state index in [1.54, 1.807) is 12.4 Å². The average molecular weight is 438 g/mol. The van der Waals surface area contributed by atoms with Crippen molar-refractivity contribution in [2.24, 2.45) is 15.9 Å². The van der Waals surface area contributed by atoms with Gasteiger partial charge in [-0.3, -0.25) is 0 Å². The molecule has 0 aliphatic heterocycles. The van der Waals surface area contributed by atoms with Gasteiger partial charge in [-0.2, -0.15) is 5.10 Å². The first kappa shape index (κ1) is 24.3. The lowest BCUT2D eigenvalue weighted by Crippen LogP contribution is -2.16. The van der Waals surface area contributed by atoms with Crippen LogP contribution in [0.25, 0.3) is 5.70 Å². The second kappa shape index (κ2) is 12.0. The van der Waals surface area contributed by atoms with Crippen LogP contribution in [0.15, 0.2) is 83.1 Å². The van der Waals surface area contributed by atoms with E-state index in [2.05, 4.69) is 28.2 Å². The summed E-state index contributed by atoms with van der Waals surface area (Å²) in [5.41, 5.74) is 3.98. The molecule has 0 spiro atoms. The average Bonchev–Trinajstić information content (AvgIpc) is 2.79. The topological polar surface area (TPSA) is 85.3 Å². The molecule has 7 nitrogen and oxygen atoms in total. The minimum Gasteiger partial charge on any atom is -0.481 e. The Morgan fingerprint density at radius 3 is 2.53 bits per heavy atom. The number of hydrogen-bond acceptors (Lipinski definition) is 6. The van der Waals surface area contributed by atoms with E-state index in [9.17, 15) is 4.39 Å². The quantitative estimate of drug-likeness (QED) is 0.198. The van der Waals surface area contributed by atoms with E-state index in [0.29, 0.717) is 29.6 Å². The zero-order valence-electron chi connectivity index (χ0n) is 18.6. The molecule has 0 unspecified atom stereocenters. The molecule has 2 aromatic rings. The van der Waals surface area contributed by atoms with Crippen LogP contribution in [-0.4, -0.2) is 42.9 Å². The summed E-state index contributed by atoms with van der Waals surface area (Å²) in [4.78, 5) is 10.3. The standard InChI is InChI=1S/C24H28FN5O2/c1-6-22(17(2)15-32-23-12-11-21(25)13-27-23)24(31-5)29-18(3)20-9-7-19(8-10-20)14-30(4)16-28-26/h6-13,16H,1,3,14-15,26H2,2,4-5H3/b22-17-,28-16-,29-24?. The summed E-state index contributed by atoms with van der Waals surface area (Å²) in [5, 5.41) is 3.51. The smallest absolute Gasteiger partial charge is 0.221 e. The molecule has 0 aliphatic carbocycles. The van der Waals surface area contributed by atoms with E-state index in [-0.39, 0.29) is 6.61 Å².